The van der Waals surface area contributed by atoms with Gasteiger partial charge in [-0.3, -0.25) is 13.9 Å². The van der Waals surface area contributed by atoms with Crippen LogP contribution in [0, 0.1) is 5.82 Å². The Balaban J connectivity index is 1.92. The molecule has 1 aliphatic carbocycles. The van der Waals surface area contributed by atoms with Crippen molar-refractivity contribution < 1.29 is 35.6 Å². The van der Waals surface area contributed by atoms with Crippen molar-refractivity contribution in [2.75, 3.05) is 17.1 Å². The molecule has 0 unspecified atom stereocenters. The van der Waals surface area contributed by atoms with Crippen LogP contribution in [0.4, 0.5) is 23.2 Å². The largest absolute Gasteiger partial charge is 0.417 e. The Morgan fingerprint density at radius 2 is 1.69 bits per heavy atom. The number of alkyl halides is 3. The lowest BCUT2D eigenvalue weighted by Crippen LogP contribution is -2.53. The quantitative estimate of drug-likeness (QED) is 0.410. The average Bonchev–Trinajstić information content (AvgIpc) is 2.86. The van der Waals surface area contributed by atoms with Crippen molar-refractivity contribution in [3.8, 4) is 0 Å². The predicted molar refractivity (Wildman–Crippen MR) is 140 cm³/mol. The van der Waals surface area contributed by atoms with Crippen molar-refractivity contribution in [1.82, 2.24) is 10.2 Å². The fourth-order valence-corrected chi connectivity index (χ4v) is 5.50. The molecule has 2 amide bonds. The van der Waals surface area contributed by atoms with Crippen molar-refractivity contribution in [3.05, 3.63) is 64.4 Å². The first-order valence-corrected chi connectivity index (χ1v) is 14.6. The number of hydrogen-bond donors (Lipinski definition) is 1. The Bertz CT molecular complexity index is 1280. The van der Waals surface area contributed by atoms with E-state index in [4.69, 9.17) is 11.6 Å². The van der Waals surface area contributed by atoms with Gasteiger partial charge in [-0.15, -0.1) is 0 Å². The van der Waals surface area contributed by atoms with E-state index in [2.05, 4.69) is 5.32 Å². The SMILES string of the molecule is C[C@@H](C(=O)NC1CCCCC1)N(Cc1ccc(F)cc1)C(=O)CN(c1ccc(Cl)c(C(F)(F)F)c1)S(C)(=O)=O. The molecule has 214 valence electrons. The second-order valence-electron chi connectivity index (χ2n) is 9.60. The molecular weight excluding hydrogens is 562 g/mol. The molecular formula is C26H30ClF4N3O4S. The van der Waals surface area contributed by atoms with E-state index < -0.39 is 62.7 Å². The van der Waals surface area contributed by atoms with Crippen molar-refractivity contribution >= 4 is 39.1 Å². The minimum Gasteiger partial charge on any atom is -0.352 e. The maximum absolute atomic E-state index is 13.5. The van der Waals surface area contributed by atoms with Gasteiger partial charge in [0.2, 0.25) is 21.8 Å². The second kappa shape index (κ2) is 12.5. The van der Waals surface area contributed by atoms with Crippen molar-refractivity contribution in [2.24, 2.45) is 0 Å². The van der Waals surface area contributed by atoms with E-state index in [9.17, 15) is 35.6 Å². The summed E-state index contributed by atoms with van der Waals surface area (Å²) < 4.78 is 79.5. The third-order valence-corrected chi connectivity index (χ3v) is 8.08. The highest BCUT2D eigenvalue weighted by atomic mass is 35.5. The van der Waals surface area contributed by atoms with Gasteiger partial charge in [-0.05, 0) is 55.7 Å². The first-order chi connectivity index (χ1) is 18.2. The van der Waals surface area contributed by atoms with Gasteiger partial charge in [0, 0.05) is 12.6 Å². The molecule has 0 radical (unpaired) electrons. The van der Waals surface area contributed by atoms with Gasteiger partial charge < -0.3 is 10.2 Å². The second-order valence-corrected chi connectivity index (χ2v) is 11.9. The molecule has 1 aliphatic rings. The Morgan fingerprint density at radius 3 is 2.26 bits per heavy atom. The number of nitrogens with one attached hydrogen (secondary N) is 1. The fourth-order valence-electron chi connectivity index (χ4n) is 4.44. The summed E-state index contributed by atoms with van der Waals surface area (Å²) in [6.45, 7) is 0.443. The zero-order valence-electron chi connectivity index (χ0n) is 21.5. The Kier molecular flexibility index (Phi) is 9.87. The molecule has 0 saturated heterocycles. The zero-order chi connectivity index (χ0) is 29.0. The number of hydrogen-bond acceptors (Lipinski definition) is 4. The molecule has 13 heteroatoms. The summed E-state index contributed by atoms with van der Waals surface area (Å²) in [6.07, 6.45) is 0.476. The standard InChI is InChI=1S/C26H30ClF4N3O4S/c1-17(25(36)32-20-6-4-3-5-7-20)33(15-18-8-10-19(28)11-9-18)24(35)16-34(39(2,37)38)21-12-13-23(27)22(14-21)26(29,30)31/h8-14,17,20H,3-7,15-16H2,1-2H3,(H,32,36)/t17-/m0/s1. The number of amides is 2. The summed E-state index contributed by atoms with van der Waals surface area (Å²) >= 11 is 5.68. The van der Waals surface area contributed by atoms with Crippen LogP contribution < -0.4 is 9.62 Å². The molecule has 1 fully saturated rings. The van der Waals surface area contributed by atoms with Gasteiger partial charge in [0.1, 0.15) is 18.4 Å². The molecule has 39 heavy (non-hydrogen) atoms. The molecule has 2 aromatic carbocycles. The maximum atomic E-state index is 13.5. The highest BCUT2D eigenvalue weighted by molar-refractivity contribution is 7.92. The molecule has 0 bridgehead atoms. The molecule has 2 aromatic rings. The first kappa shape index (κ1) is 30.7. The molecule has 1 atom stereocenters. The summed E-state index contributed by atoms with van der Waals surface area (Å²) in [5.74, 6) is -1.79. The van der Waals surface area contributed by atoms with Crippen LogP contribution in [0.5, 0.6) is 0 Å². The number of sulfonamides is 1. The van der Waals surface area contributed by atoms with Gasteiger partial charge in [-0.25, -0.2) is 12.8 Å². The van der Waals surface area contributed by atoms with Gasteiger partial charge in [0.15, 0.2) is 0 Å². The highest BCUT2D eigenvalue weighted by Gasteiger charge is 2.36. The lowest BCUT2D eigenvalue weighted by atomic mass is 9.95. The zero-order valence-corrected chi connectivity index (χ0v) is 23.0. The predicted octanol–water partition coefficient (Wildman–Crippen LogP) is 5.13. The number of carbonyl (C=O) groups excluding carboxylic acids is 2. The smallest absolute Gasteiger partial charge is 0.352 e. The van der Waals surface area contributed by atoms with E-state index in [1.807, 2.05) is 0 Å². The number of halogens is 5. The fraction of sp³-hybridized carbons (Fsp3) is 0.462. The third kappa shape index (κ3) is 8.31. The Labute approximate surface area is 230 Å². The van der Waals surface area contributed by atoms with Crippen LogP contribution in [0.1, 0.15) is 50.2 Å². The average molecular weight is 592 g/mol. The molecule has 1 N–H and O–H groups in total. The highest BCUT2D eigenvalue weighted by Crippen LogP contribution is 2.37. The van der Waals surface area contributed by atoms with Crippen LogP contribution in [0.3, 0.4) is 0 Å². The normalized spacial score (nSPS) is 15.5. The van der Waals surface area contributed by atoms with E-state index in [1.165, 1.54) is 31.2 Å². The number of nitrogens with zero attached hydrogens (tertiary/aromatic N) is 2. The summed E-state index contributed by atoms with van der Waals surface area (Å²) in [6, 6.07) is 6.62. The minimum absolute atomic E-state index is 0.0566. The first-order valence-electron chi connectivity index (χ1n) is 12.4. The van der Waals surface area contributed by atoms with Gasteiger partial charge in [-0.2, -0.15) is 13.2 Å². The molecule has 0 heterocycles. The van der Waals surface area contributed by atoms with Gasteiger partial charge in [-0.1, -0.05) is 43.0 Å². The van der Waals surface area contributed by atoms with Crippen LogP contribution >= 0.6 is 11.6 Å². The molecule has 7 nitrogen and oxygen atoms in total. The van der Waals surface area contributed by atoms with E-state index >= 15 is 0 Å². The minimum atomic E-state index is -4.86. The lowest BCUT2D eigenvalue weighted by Gasteiger charge is -2.33. The van der Waals surface area contributed by atoms with Crippen LogP contribution in [0.15, 0.2) is 42.5 Å². The van der Waals surface area contributed by atoms with Gasteiger partial charge >= 0.3 is 6.18 Å². The van der Waals surface area contributed by atoms with Crippen LogP contribution in [-0.4, -0.2) is 50.0 Å². The summed E-state index contributed by atoms with van der Waals surface area (Å²) in [5.41, 5.74) is -1.20. The van der Waals surface area contributed by atoms with Crippen LogP contribution in [0.2, 0.25) is 5.02 Å². The number of benzene rings is 2. The van der Waals surface area contributed by atoms with Crippen LogP contribution in [0.25, 0.3) is 0 Å². The molecule has 0 aliphatic heterocycles. The third-order valence-electron chi connectivity index (χ3n) is 6.61. The maximum Gasteiger partial charge on any atom is 0.417 e. The van der Waals surface area contributed by atoms with Gasteiger partial charge in [0.05, 0.1) is 22.5 Å². The van der Waals surface area contributed by atoms with Gasteiger partial charge in [0.25, 0.3) is 0 Å². The van der Waals surface area contributed by atoms with Crippen molar-refractivity contribution in [2.45, 2.75) is 63.8 Å². The monoisotopic (exact) mass is 591 g/mol. The van der Waals surface area contributed by atoms with Crippen molar-refractivity contribution in [1.29, 1.82) is 0 Å². The van der Waals surface area contributed by atoms with Crippen molar-refractivity contribution in [3.63, 3.8) is 0 Å². The number of anilines is 1. The van der Waals surface area contributed by atoms with E-state index in [-0.39, 0.29) is 12.6 Å². The van der Waals surface area contributed by atoms with Crippen LogP contribution in [-0.2, 0) is 32.3 Å². The number of rotatable bonds is 9. The van der Waals surface area contributed by atoms with E-state index in [0.29, 0.717) is 15.9 Å². The lowest BCUT2D eigenvalue weighted by molar-refractivity contribution is -0.139. The molecule has 0 aromatic heterocycles. The van der Waals surface area contributed by atoms with E-state index in [1.54, 1.807) is 0 Å². The van der Waals surface area contributed by atoms with E-state index in [0.717, 1.165) is 55.4 Å². The molecule has 3 rings (SSSR count). The Morgan fingerprint density at radius 1 is 1.08 bits per heavy atom. The number of carbonyl (C=O) groups is 2. The summed E-state index contributed by atoms with van der Waals surface area (Å²) in [4.78, 5) is 27.8. The summed E-state index contributed by atoms with van der Waals surface area (Å²) in [7, 11) is -4.24. The topological polar surface area (TPSA) is 86.8 Å². The molecule has 0 spiro atoms. The molecule has 1 saturated carbocycles. The Hall–Kier alpha value is -2.86. The summed E-state index contributed by atoms with van der Waals surface area (Å²) in [5, 5.41) is 2.30.